The summed E-state index contributed by atoms with van der Waals surface area (Å²) < 4.78 is 16.5. The maximum atomic E-state index is 12.6. The van der Waals surface area contributed by atoms with Crippen LogP contribution < -0.4 is 30.6 Å². The van der Waals surface area contributed by atoms with E-state index in [0.29, 0.717) is 35.1 Å². The molecule has 1 aliphatic rings. The van der Waals surface area contributed by atoms with Crippen LogP contribution in [0, 0.1) is 0 Å². The smallest absolute Gasteiger partial charge is 0.312 e. The number of hydrogen-bond acceptors (Lipinski definition) is 5. The van der Waals surface area contributed by atoms with Crippen LogP contribution in [0.2, 0.25) is 0 Å². The number of rotatable bonds is 8. The lowest BCUT2D eigenvalue weighted by Gasteiger charge is -2.19. The van der Waals surface area contributed by atoms with Crippen LogP contribution >= 0.6 is 0 Å². The summed E-state index contributed by atoms with van der Waals surface area (Å²) in [6.07, 6.45) is 0.0162. The van der Waals surface area contributed by atoms with Crippen molar-refractivity contribution in [2.75, 3.05) is 6.79 Å². The summed E-state index contributed by atoms with van der Waals surface area (Å²) in [5.74, 6) is 2.37. The molecule has 0 spiro atoms. The van der Waals surface area contributed by atoms with E-state index in [1.807, 2.05) is 48.5 Å². The third-order valence-corrected chi connectivity index (χ3v) is 4.87. The van der Waals surface area contributed by atoms with Gasteiger partial charge in [-0.3, -0.25) is 4.79 Å². The molecule has 1 aliphatic heterocycles. The van der Waals surface area contributed by atoms with Crippen molar-refractivity contribution in [3.05, 3.63) is 83.9 Å². The molecule has 3 aromatic carbocycles. The van der Waals surface area contributed by atoms with Gasteiger partial charge in [0.15, 0.2) is 11.5 Å². The van der Waals surface area contributed by atoms with Crippen LogP contribution in [0.1, 0.15) is 23.6 Å². The quantitative estimate of drug-likeness (QED) is 0.502. The molecule has 1 heterocycles. The van der Waals surface area contributed by atoms with Crippen molar-refractivity contribution >= 4 is 11.9 Å². The number of nitrogens with two attached hydrogens (primary N) is 1. The van der Waals surface area contributed by atoms with Crippen molar-refractivity contribution in [2.45, 2.75) is 19.0 Å². The zero-order chi connectivity index (χ0) is 22.3. The van der Waals surface area contributed by atoms with Crippen molar-refractivity contribution in [3.8, 4) is 23.0 Å². The molecule has 1 unspecified atom stereocenters. The van der Waals surface area contributed by atoms with E-state index >= 15 is 0 Å². The Morgan fingerprint density at radius 3 is 2.53 bits per heavy atom. The molecular weight excluding hydrogens is 410 g/mol. The Morgan fingerprint density at radius 2 is 1.72 bits per heavy atom. The van der Waals surface area contributed by atoms with Gasteiger partial charge in [0.05, 0.1) is 12.5 Å². The number of primary amides is 1. The zero-order valence-electron chi connectivity index (χ0n) is 17.2. The largest absolute Gasteiger partial charge is 0.457 e. The van der Waals surface area contributed by atoms with E-state index in [1.165, 1.54) is 0 Å². The lowest BCUT2D eigenvalue weighted by molar-refractivity contribution is -0.121. The number of carbonyl (C=O) groups is 2. The summed E-state index contributed by atoms with van der Waals surface area (Å²) in [5, 5.41) is 5.50. The summed E-state index contributed by atoms with van der Waals surface area (Å²) in [5.41, 5.74) is 6.93. The number of nitrogens with one attached hydrogen (secondary N) is 2. The second kappa shape index (κ2) is 9.74. The average molecular weight is 433 g/mol. The zero-order valence-corrected chi connectivity index (χ0v) is 17.2. The first kappa shape index (κ1) is 21.0. The maximum Gasteiger partial charge on any atom is 0.312 e. The molecule has 3 aromatic rings. The summed E-state index contributed by atoms with van der Waals surface area (Å²) in [7, 11) is 0. The van der Waals surface area contributed by atoms with Crippen molar-refractivity contribution in [1.82, 2.24) is 10.6 Å². The molecule has 164 valence electrons. The van der Waals surface area contributed by atoms with E-state index in [9.17, 15) is 9.59 Å². The van der Waals surface area contributed by atoms with Crippen molar-refractivity contribution in [2.24, 2.45) is 5.73 Å². The van der Waals surface area contributed by atoms with Gasteiger partial charge in [0, 0.05) is 6.54 Å². The Hall–Kier alpha value is -4.20. The van der Waals surface area contributed by atoms with Gasteiger partial charge in [-0.15, -0.1) is 0 Å². The molecule has 0 bridgehead atoms. The second-order valence-corrected chi connectivity index (χ2v) is 7.22. The van der Waals surface area contributed by atoms with Gasteiger partial charge in [-0.1, -0.05) is 36.4 Å². The van der Waals surface area contributed by atoms with Gasteiger partial charge >= 0.3 is 6.03 Å². The van der Waals surface area contributed by atoms with E-state index in [1.54, 1.807) is 24.3 Å². The Kier molecular flexibility index (Phi) is 6.41. The number of carbonyl (C=O) groups excluding carboxylic acids is 2. The molecule has 8 heteroatoms. The minimum atomic E-state index is -0.715. The highest BCUT2D eigenvalue weighted by Crippen LogP contribution is 2.32. The molecule has 8 nitrogen and oxygen atoms in total. The molecule has 4 N–H and O–H groups in total. The highest BCUT2D eigenvalue weighted by Gasteiger charge is 2.19. The fourth-order valence-corrected chi connectivity index (χ4v) is 3.35. The number of urea groups is 1. The fraction of sp³-hybridized carbons (Fsp3) is 0.167. The molecular formula is C24H23N3O5. The third kappa shape index (κ3) is 5.48. The molecule has 0 saturated heterocycles. The summed E-state index contributed by atoms with van der Waals surface area (Å²) in [4.78, 5) is 24.2. The van der Waals surface area contributed by atoms with E-state index in [4.69, 9.17) is 19.9 Å². The first-order valence-corrected chi connectivity index (χ1v) is 10.1. The highest BCUT2D eigenvalue weighted by atomic mass is 16.7. The predicted molar refractivity (Wildman–Crippen MR) is 117 cm³/mol. The lowest BCUT2D eigenvalue weighted by atomic mass is 10.0. The maximum absolute atomic E-state index is 12.6. The first-order valence-electron chi connectivity index (χ1n) is 10.1. The van der Waals surface area contributed by atoms with Gasteiger partial charge in [0.1, 0.15) is 11.5 Å². The van der Waals surface area contributed by atoms with Crippen LogP contribution in [0.25, 0.3) is 0 Å². The molecule has 1 atom stereocenters. The van der Waals surface area contributed by atoms with Gasteiger partial charge in [-0.25, -0.2) is 4.79 Å². The number of amides is 3. The molecule has 0 fully saturated rings. The van der Waals surface area contributed by atoms with Crippen LogP contribution in [0.15, 0.2) is 72.8 Å². The number of fused-ring (bicyclic) bond motifs is 1. The van der Waals surface area contributed by atoms with Crippen molar-refractivity contribution in [1.29, 1.82) is 0 Å². The summed E-state index contributed by atoms with van der Waals surface area (Å²) in [6, 6.07) is 20.7. The van der Waals surface area contributed by atoms with Gasteiger partial charge in [-0.05, 0) is 47.5 Å². The standard InChI is InChI=1S/C24H23N3O5/c25-24(29)27-20(17-5-4-8-19(12-17)32-18-6-2-1-3-7-18)13-23(28)26-14-16-9-10-21-22(11-16)31-15-30-21/h1-12,20H,13-15H2,(H,26,28)(H3,25,27,29). The Labute approximate surface area is 185 Å². The number of para-hydroxylation sites is 1. The van der Waals surface area contributed by atoms with E-state index < -0.39 is 12.1 Å². The van der Waals surface area contributed by atoms with Crippen LogP contribution in [0.3, 0.4) is 0 Å². The SMILES string of the molecule is NC(=O)NC(CC(=O)NCc1ccc2c(c1)OCO2)c1cccc(Oc2ccccc2)c1. The van der Waals surface area contributed by atoms with Crippen LogP contribution in [0.4, 0.5) is 4.79 Å². The Bertz CT molecular complexity index is 1100. The molecule has 0 radical (unpaired) electrons. The number of ether oxygens (including phenoxy) is 3. The van der Waals surface area contributed by atoms with Gasteiger partial charge in [-0.2, -0.15) is 0 Å². The molecule has 4 rings (SSSR count). The minimum absolute atomic E-state index is 0.0162. The average Bonchev–Trinajstić information content (AvgIpc) is 3.26. The molecule has 0 aliphatic carbocycles. The van der Waals surface area contributed by atoms with E-state index in [0.717, 1.165) is 5.56 Å². The number of hydrogen-bond donors (Lipinski definition) is 3. The molecule has 3 amide bonds. The lowest BCUT2D eigenvalue weighted by Crippen LogP contribution is -2.36. The van der Waals surface area contributed by atoms with Crippen molar-refractivity contribution in [3.63, 3.8) is 0 Å². The number of benzene rings is 3. The first-order chi connectivity index (χ1) is 15.6. The predicted octanol–water partition coefficient (Wildman–Crippen LogP) is 3.62. The van der Waals surface area contributed by atoms with Crippen LogP contribution in [0.5, 0.6) is 23.0 Å². The normalized spacial score (nSPS) is 12.6. The molecule has 0 aromatic heterocycles. The van der Waals surface area contributed by atoms with Crippen molar-refractivity contribution < 1.29 is 23.8 Å². The Balaban J connectivity index is 1.41. The van der Waals surface area contributed by atoms with Gasteiger partial charge in [0.25, 0.3) is 0 Å². The fourth-order valence-electron chi connectivity index (χ4n) is 3.35. The van der Waals surface area contributed by atoms with Crippen LogP contribution in [-0.2, 0) is 11.3 Å². The second-order valence-electron chi connectivity index (χ2n) is 7.22. The summed E-state index contributed by atoms with van der Waals surface area (Å²) >= 11 is 0. The topological polar surface area (TPSA) is 112 Å². The monoisotopic (exact) mass is 433 g/mol. The van der Waals surface area contributed by atoms with Gasteiger partial charge < -0.3 is 30.6 Å². The van der Waals surface area contributed by atoms with Gasteiger partial charge in [0.2, 0.25) is 12.7 Å². The van der Waals surface area contributed by atoms with E-state index in [2.05, 4.69) is 10.6 Å². The molecule has 32 heavy (non-hydrogen) atoms. The Morgan fingerprint density at radius 1 is 0.938 bits per heavy atom. The van der Waals surface area contributed by atoms with Crippen LogP contribution in [-0.4, -0.2) is 18.7 Å². The third-order valence-electron chi connectivity index (χ3n) is 4.87. The molecule has 0 saturated carbocycles. The minimum Gasteiger partial charge on any atom is -0.457 e. The highest BCUT2D eigenvalue weighted by molar-refractivity contribution is 5.78. The summed E-state index contributed by atoms with van der Waals surface area (Å²) in [6.45, 7) is 0.509. The van der Waals surface area contributed by atoms with E-state index in [-0.39, 0.29) is 19.1 Å².